The molecule has 2 aliphatic heterocycles. The molecule has 0 atom stereocenters. The van der Waals surface area contributed by atoms with Gasteiger partial charge in [-0.05, 0) is 96.2 Å². The zero-order chi connectivity index (χ0) is 29.9. The van der Waals surface area contributed by atoms with Gasteiger partial charge in [0.25, 0.3) is 0 Å². The molecule has 4 aromatic carbocycles. The van der Waals surface area contributed by atoms with Gasteiger partial charge in [0, 0.05) is 43.2 Å². The number of nitrogens with zero attached hydrogens (tertiary/aromatic N) is 1. The molecule has 0 saturated heterocycles. The molecule has 0 saturated carbocycles. The van der Waals surface area contributed by atoms with Crippen LogP contribution in [-0.2, 0) is 35.5 Å². The first-order valence-electron chi connectivity index (χ1n) is 14.7. The van der Waals surface area contributed by atoms with Crippen LogP contribution in [0.15, 0.2) is 109 Å². The van der Waals surface area contributed by atoms with E-state index in [0.717, 1.165) is 61.5 Å². The Balaban J connectivity index is 0.000000171. The lowest BCUT2D eigenvalue weighted by molar-refractivity contribution is -0.112. The van der Waals surface area contributed by atoms with Crippen molar-refractivity contribution in [1.82, 2.24) is 10.2 Å². The minimum atomic E-state index is -0.114. The smallest absolute Gasteiger partial charge is 0.248 e. The number of hydrogen-bond acceptors (Lipinski definition) is 4. The number of hydrogen-bond donors (Lipinski definition) is 3. The molecule has 0 radical (unpaired) electrons. The van der Waals surface area contributed by atoms with Crippen molar-refractivity contribution in [1.29, 1.82) is 0 Å². The average Bonchev–Trinajstić information content (AvgIpc) is 3.04. The van der Waals surface area contributed by atoms with Gasteiger partial charge < -0.3 is 20.9 Å². The van der Waals surface area contributed by atoms with Gasteiger partial charge in [-0.25, -0.2) is 0 Å². The number of carbonyl (C=O) groups excluding carboxylic acids is 2. The van der Waals surface area contributed by atoms with E-state index >= 15 is 0 Å². The van der Waals surface area contributed by atoms with Crippen LogP contribution in [-0.4, -0.2) is 36.9 Å². The Morgan fingerprint density at radius 3 is 1.79 bits per heavy atom. The van der Waals surface area contributed by atoms with Gasteiger partial charge in [-0.2, -0.15) is 0 Å². The highest BCUT2D eigenvalue weighted by molar-refractivity contribution is 6.02. The molecule has 6 nitrogen and oxygen atoms in total. The molecule has 4 aromatic rings. The van der Waals surface area contributed by atoms with Crippen molar-refractivity contribution < 1.29 is 9.59 Å². The summed E-state index contributed by atoms with van der Waals surface area (Å²) in [5.41, 5.74) is 9.25. The predicted molar refractivity (Wildman–Crippen MR) is 177 cm³/mol. The van der Waals surface area contributed by atoms with Gasteiger partial charge in [0.15, 0.2) is 0 Å². The minimum absolute atomic E-state index is 0.110. The standard InChI is InChI=1S/C19H20N2O.C18H18N2O/c1-21-12-11-16-9-7-15(13-17(16)14-21)8-10-19(22)20-18-5-3-2-4-6-18;21-18(20-17-4-2-1-3-5-17)9-7-14-6-8-15-10-11-19-13-16(15)12-14/h2-10,13H,11-12,14H2,1H3,(H,20,22);1-9,12,19H,10-11,13H2,(H,20,21). The summed E-state index contributed by atoms with van der Waals surface area (Å²) in [6, 6.07) is 31.8. The van der Waals surface area contributed by atoms with Crippen LogP contribution in [0, 0.1) is 0 Å². The van der Waals surface area contributed by atoms with Crippen LogP contribution in [0.25, 0.3) is 12.2 Å². The van der Waals surface area contributed by atoms with Crippen molar-refractivity contribution in [2.45, 2.75) is 25.9 Å². The quantitative estimate of drug-likeness (QED) is 0.238. The zero-order valence-electron chi connectivity index (χ0n) is 24.6. The molecular formula is C37H38N4O2. The van der Waals surface area contributed by atoms with Crippen molar-refractivity contribution in [2.24, 2.45) is 0 Å². The lowest BCUT2D eigenvalue weighted by atomic mass is 9.97. The summed E-state index contributed by atoms with van der Waals surface area (Å²) in [7, 11) is 2.14. The molecule has 3 N–H and O–H groups in total. The highest BCUT2D eigenvalue weighted by atomic mass is 16.2. The van der Waals surface area contributed by atoms with Gasteiger partial charge in [-0.15, -0.1) is 0 Å². The summed E-state index contributed by atoms with van der Waals surface area (Å²) in [5, 5.41) is 9.05. The number of anilines is 2. The molecule has 218 valence electrons. The SMILES string of the molecule is CN1CCc2ccc(C=CC(=O)Nc3ccccc3)cc2C1.O=C(C=Cc1ccc2c(c1)CNCC2)Nc1ccccc1. The molecule has 0 spiro atoms. The lowest BCUT2D eigenvalue weighted by Gasteiger charge is -2.25. The Bertz CT molecular complexity index is 1600. The lowest BCUT2D eigenvalue weighted by Crippen LogP contribution is -2.26. The third-order valence-corrected chi connectivity index (χ3v) is 7.49. The fourth-order valence-corrected chi connectivity index (χ4v) is 5.18. The Morgan fingerprint density at radius 1 is 0.674 bits per heavy atom. The molecule has 6 heteroatoms. The Hall–Kier alpha value is -4.78. The predicted octanol–water partition coefficient (Wildman–Crippen LogP) is 6.31. The number of carbonyl (C=O) groups is 2. The minimum Gasteiger partial charge on any atom is -0.323 e. The molecule has 2 aliphatic rings. The maximum absolute atomic E-state index is 11.9. The number of amides is 2. The van der Waals surface area contributed by atoms with E-state index in [0.29, 0.717) is 0 Å². The monoisotopic (exact) mass is 570 g/mol. The van der Waals surface area contributed by atoms with E-state index in [1.807, 2.05) is 72.8 Å². The van der Waals surface area contributed by atoms with Gasteiger partial charge in [0.05, 0.1) is 0 Å². The number of likely N-dealkylation sites (N-methyl/N-ethyl adjacent to an activating group) is 1. The average molecular weight is 571 g/mol. The topological polar surface area (TPSA) is 73.5 Å². The van der Waals surface area contributed by atoms with Gasteiger partial charge >= 0.3 is 0 Å². The molecule has 0 unspecified atom stereocenters. The first-order valence-corrected chi connectivity index (χ1v) is 14.7. The second-order valence-corrected chi connectivity index (χ2v) is 10.8. The number of benzene rings is 4. The molecular weight excluding hydrogens is 532 g/mol. The second kappa shape index (κ2) is 14.9. The van der Waals surface area contributed by atoms with E-state index in [9.17, 15) is 9.59 Å². The Labute approximate surface area is 254 Å². The van der Waals surface area contributed by atoms with E-state index < -0.39 is 0 Å². The molecule has 0 aliphatic carbocycles. The van der Waals surface area contributed by atoms with Gasteiger partial charge in [0.2, 0.25) is 11.8 Å². The van der Waals surface area contributed by atoms with Gasteiger partial charge in [-0.3, -0.25) is 9.59 Å². The summed E-state index contributed by atoms with van der Waals surface area (Å²) < 4.78 is 0. The second-order valence-electron chi connectivity index (χ2n) is 10.8. The summed E-state index contributed by atoms with van der Waals surface area (Å²) in [6.45, 7) is 4.05. The summed E-state index contributed by atoms with van der Waals surface area (Å²) in [4.78, 5) is 26.1. The molecule has 6 rings (SSSR count). The van der Waals surface area contributed by atoms with Crippen LogP contribution in [0.1, 0.15) is 33.4 Å². The molecule has 0 bridgehead atoms. The third kappa shape index (κ3) is 9.10. The third-order valence-electron chi connectivity index (χ3n) is 7.49. The number of fused-ring (bicyclic) bond motifs is 2. The summed E-state index contributed by atoms with van der Waals surface area (Å²) >= 11 is 0. The van der Waals surface area contributed by atoms with Crippen LogP contribution in [0.4, 0.5) is 11.4 Å². The van der Waals surface area contributed by atoms with Crippen LogP contribution < -0.4 is 16.0 Å². The maximum Gasteiger partial charge on any atom is 0.248 e. The normalized spacial score (nSPS) is 14.3. The number of para-hydroxylation sites is 2. The van der Waals surface area contributed by atoms with E-state index in [1.54, 1.807) is 12.2 Å². The van der Waals surface area contributed by atoms with Crippen molar-refractivity contribution >= 4 is 35.3 Å². The molecule has 43 heavy (non-hydrogen) atoms. The number of nitrogens with one attached hydrogen (secondary N) is 3. The van der Waals surface area contributed by atoms with Crippen LogP contribution in [0.2, 0.25) is 0 Å². The first kappa shape index (κ1) is 29.7. The summed E-state index contributed by atoms with van der Waals surface area (Å²) in [5.74, 6) is -0.224. The molecule has 2 amide bonds. The first-order chi connectivity index (χ1) is 21.0. The highest BCUT2D eigenvalue weighted by Crippen LogP contribution is 2.20. The van der Waals surface area contributed by atoms with Gasteiger partial charge in [-0.1, -0.05) is 72.8 Å². The van der Waals surface area contributed by atoms with Crippen molar-refractivity contribution in [3.8, 4) is 0 Å². The molecule has 0 fully saturated rings. The Morgan fingerprint density at radius 2 is 1.21 bits per heavy atom. The van der Waals surface area contributed by atoms with Crippen LogP contribution in [0.3, 0.4) is 0 Å². The maximum atomic E-state index is 11.9. The van der Waals surface area contributed by atoms with Crippen molar-refractivity contribution in [2.75, 3.05) is 30.8 Å². The van der Waals surface area contributed by atoms with Gasteiger partial charge in [0.1, 0.15) is 0 Å². The molecule has 2 heterocycles. The number of rotatable bonds is 6. The van der Waals surface area contributed by atoms with E-state index in [1.165, 1.54) is 22.3 Å². The zero-order valence-corrected chi connectivity index (χ0v) is 24.6. The van der Waals surface area contributed by atoms with E-state index in [-0.39, 0.29) is 11.8 Å². The van der Waals surface area contributed by atoms with E-state index in [2.05, 4.69) is 64.3 Å². The Kier molecular flexibility index (Phi) is 10.3. The van der Waals surface area contributed by atoms with Crippen molar-refractivity contribution in [3.05, 3.63) is 143 Å². The highest BCUT2D eigenvalue weighted by Gasteiger charge is 2.12. The van der Waals surface area contributed by atoms with Crippen LogP contribution in [0.5, 0.6) is 0 Å². The summed E-state index contributed by atoms with van der Waals surface area (Å²) in [6.07, 6.45) is 9.06. The van der Waals surface area contributed by atoms with E-state index in [4.69, 9.17) is 0 Å². The fraction of sp³-hybridized carbons (Fsp3) is 0.189. The van der Waals surface area contributed by atoms with Crippen LogP contribution >= 0.6 is 0 Å². The van der Waals surface area contributed by atoms with Crippen molar-refractivity contribution in [3.63, 3.8) is 0 Å². The largest absolute Gasteiger partial charge is 0.323 e. The molecule has 0 aromatic heterocycles. The fourth-order valence-electron chi connectivity index (χ4n) is 5.18.